The average molecular weight is 604 g/mol. The molecule has 3 saturated heterocycles. The van der Waals surface area contributed by atoms with Crippen LogP contribution in [0.1, 0.15) is 20.3 Å². The van der Waals surface area contributed by atoms with E-state index in [-0.39, 0.29) is 6.42 Å². The van der Waals surface area contributed by atoms with E-state index in [1.165, 1.54) is 6.92 Å². The van der Waals surface area contributed by atoms with Gasteiger partial charge < -0.3 is 92.0 Å². The predicted molar refractivity (Wildman–Crippen MR) is 133 cm³/mol. The third-order valence-electron chi connectivity index (χ3n) is 8.33. The average Bonchev–Trinajstić information content (AvgIpc) is 2.96. The van der Waals surface area contributed by atoms with Gasteiger partial charge in [0.2, 0.25) is 0 Å². The molecule has 242 valence electrons. The van der Waals surface area contributed by atoms with Crippen LogP contribution in [0.25, 0.3) is 0 Å². The molecule has 3 heterocycles. The van der Waals surface area contributed by atoms with Crippen molar-refractivity contribution in [2.24, 2.45) is 17.2 Å². The van der Waals surface area contributed by atoms with Gasteiger partial charge in [-0.15, -0.1) is 0 Å². The van der Waals surface area contributed by atoms with Gasteiger partial charge in [-0.3, -0.25) is 0 Å². The molecule has 0 spiro atoms. The van der Waals surface area contributed by atoms with E-state index in [9.17, 15) is 51.1 Å². The zero-order valence-electron chi connectivity index (χ0n) is 22.7. The number of hydrogen-bond acceptors (Lipinski definition) is 18. The van der Waals surface area contributed by atoms with E-state index in [4.69, 9.17) is 40.9 Å². The van der Waals surface area contributed by atoms with E-state index in [0.717, 1.165) is 6.92 Å². The lowest BCUT2D eigenvalue weighted by molar-refractivity contribution is -0.398. The summed E-state index contributed by atoms with van der Waals surface area (Å²) in [7, 11) is 0. The van der Waals surface area contributed by atoms with Crippen molar-refractivity contribution in [3.05, 3.63) is 0 Å². The molecule has 0 saturated carbocycles. The Kier molecular flexibility index (Phi) is 11.5. The monoisotopic (exact) mass is 603 g/mol. The first-order valence-corrected chi connectivity index (χ1v) is 13.4. The van der Waals surface area contributed by atoms with Crippen molar-refractivity contribution < 1.29 is 74.7 Å². The first kappa shape index (κ1) is 34.8. The molecule has 0 aromatic carbocycles. The van der Waals surface area contributed by atoms with Crippen molar-refractivity contribution in [2.75, 3.05) is 19.8 Å². The summed E-state index contributed by atoms with van der Waals surface area (Å²) in [5.74, 6) is 0. The SMILES string of the molecule is CCC(O)[C@@]1(CO)O[C@H](OC2[C@@H](CO)O[C@@H](OC3[C@@H](CO)O[C@@H](O)[C@H](N)[C@H]3O)[C@H](N)[C@H]2O)[C@H](N)[C@@H](O)[C@@]1(O)C(C)O. The molecule has 0 bridgehead atoms. The van der Waals surface area contributed by atoms with Gasteiger partial charge in [0.1, 0.15) is 42.7 Å². The van der Waals surface area contributed by atoms with Gasteiger partial charge in [0.15, 0.2) is 30.1 Å². The minimum Gasteiger partial charge on any atom is -0.394 e. The maximum absolute atomic E-state index is 11.3. The van der Waals surface area contributed by atoms with Crippen LogP contribution in [-0.4, -0.2) is 174 Å². The highest BCUT2D eigenvalue weighted by Gasteiger charge is 2.68. The van der Waals surface area contributed by atoms with Crippen molar-refractivity contribution in [1.82, 2.24) is 0 Å². The smallest absolute Gasteiger partial charge is 0.176 e. The van der Waals surface area contributed by atoms with Crippen molar-refractivity contribution >= 4 is 0 Å². The van der Waals surface area contributed by atoms with E-state index in [2.05, 4.69) is 0 Å². The molecule has 4 unspecified atom stereocenters. The number of rotatable bonds is 10. The molecule has 41 heavy (non-hydrogen) atoms. The van der Waals surface area contributed by atoms with Gasteiger partial charge in [-0.1, -0.05) is 6.92 Å². The Morgan fingerprint density at radius 3 is 1.80 bits per heavy atom. The number of hydrogen-bond donors (Lipinski definition) is 13. The van der Waals surface area contributed by atoms with Crippen molar-refractivity contribution in [2.45, 2.75) is 123 Å². The van der Waals surface area contributed by atoms with Gasteiger partial charge >= 0.3 is 0 Å². The summed E-state index contributed by atoms with van der Waals surface area (Å²) < 4.78 is 28.1. The first-order chi connectivity index (χ1) is 19.2. The summed E-state index contributed by atoms with van der Waals surface area (Å²) in [4.78, 5) is 0. The number of aliphatic hydroxyl groups excluding tert-OH is 9. The summed E-state index contributed by atoms with van der Waals surface area (Å²) in [6.45, 7) is 0.0119. The summed E-state index contributed by atoms with van der Waals surface area (Å²) in [6.07, 6.45) is -19.3. The lowest BCUT2D eigenvalue weighted by Gasteiger charge is -2.58. The highest BCUT2D eigenvalue weighted by Crippen LogP contribution is 2.44. The van der Waals surface area contributed by atoms with Crippen molar-refractivity contribution in [3.63, 3.8) is 0 Å². The van der Waals surface area contributed by atoms with Gasteiger partial charge in [0.05, 0.1) is 50.2 Å². The van der Waals surface area contributed by atoms with Gasteiger partial charge in [-0.2, -0.15) is 0 Å². The van der Waals surface area contributed by atoms with Gasteiger partial charge in [-0.05, 0) is 13.3 Å². The van der Waals surface area contributed by atoms with Crippen LogP contribution in [0, 0.1) is 0 Å². The molecule has 18 nitrogen and oxygen atoms in total. The summed E-state index contributed by atoms with van der Waals surface area (Å²) in [5.41, 5.74) is 12.9. The number of aliphatic hydroxyl groups is 10. The predicted octanol–water partition coefficient (Wildman–Crippen LogP) is -7.78. The standard InChI is InChI=1S/C23H45N3O15/c1-3-10(31)22(6-29)23(36,7(2)30)18(34)13(26)21(41-22)40-17-9(5-28)38-20(12(25)15(17)33)39-16-8(4-27)37-19(35)11(24)14(16)32/h7-21,27-36H,3-6,24-26H2,1-2H3/t7?,8-,9-,10?,11-,12-,13-,14-,15-,16?,17?,18-,19-,20+,21+,22-,23+/m1/s1. The van der Waals surface area contributed by atoms with Crippen molar-refractivity contribution in [3.8, 4) is 0 Å². The number of ether oxygens (including phenoxy) is 5. The lowest BCUT2D eigenvalue weighted by atomic mass is 9.67. The van der Waals surface area contributed by atoms with Crippen LogP contribution in [0.4, 0.5) is 0 Å². The third kappa shape index (κ3) is 5.89. The molecular weight excluding hydrogens is 558 g/mol. The minimum absolute atomic E-state index is 0.102. The lowest BCUT2D eigenvalue weighted by Crippen LogP contribution is -2.82. The largest absolute Gasteiger partial charge is 0.394 e. The third-order valence-corrected chi connectivity index (χ3v) is 8.33. The Balaban J connectivity index is 1.85. The highest BCUT2D eigenvalue weighted by molar-refractivity contribution is 5.17. The van der Waals surface area contributed by atoms with E-state index in [1.54, 1.807) is 0 Å². The maximum atomic E-state index is 11.3. The second kappa shape index (κ2) is 13.5. The zero-order valence-corrected chi connectivity index (χ0v) is 22.7. The Morgan fingerprint density at radius 2 is 1.32 bits per heavy atom. The zero-order chi connectivity index (χ0) is 31.0. The summed E-state index contributed by atoms with van der Waals surface area (Å²) >= 11 is 0. The van der Waals surface area contributed by atoms with E-state index >= 15 is 0 Å². The molecular formula is C23H45N3O15. The molecule has 0 aliphatic carbocycles. The van der Waals surface area contributed by atoms with Gasteiger partial charge in [0, 0.05) is 0 Å². The van der Waals surface area contributed by atoms with Crippen LogP contribution in [0.2, 0.25) is 0 Å². The second-order valence-electron chi connectivity index (χ2n) is 10.8. The molecule has 3 aliphatic heterocycles. The summed E-state index contributed by atoms with van der Waals surface area (Å²) in [5, 5.41) is 105. The molecule has 18 heteroatoms. The highest BCUT2D eigenvalue weighted by atomic mass is 16.7. The van der Waals surface area contributed by atoms with E-state index in [0.29, 0.717) is 0 Å². The Bertz CT molecular complexity index is 844. The van der Waals surface area contributed by atoms with E-state index < -0.39 is 123 Å². The van der Waals surface area contributed by atoms with Gasteiger partial charge in [0.25, 0.3) is 0 Å². The Labute approximate surface area is 235 Å². The second-order valence-corrected chi connectivity index (χ2v) is 10.8. The fourth-order valence-corrected chi connectivity index (χ4v) is 5.69. The Hall–Kier alpha value is -0.720. The van der Waals surface area contributed by atoms with Crippen LogP contribution in [0.15, 0.2) is 0 Å². The number of nitrogens with two attached hydrogens (primary N) is 3. The molecule has 0 aromatic rings. The topological polar surface area (TPSA) is 327 Å². The maximum Gasteiger partial charge on any atom is 0.176 e. The molecule has 0 aromatic heterocycles. The minimum atomic E-state index is -2.66. The first-order valence-electron chi connectivity index (χ1n) is 13.4. The van der Waals surface area contributed by atoms with Crippen LogP contribution in [0.3, 0.4) is 0 Å². The van der Waals surface area contributed by atoms with Gasteiger partial charge in [-0.25, -0.2) is 0 Å². The normalized spacial score (nSPS) is 50.9. The fraction of sp³-hybridized carbons (Fsp3) is 1.00. The van der Waals surface area contributed by atoms with E-state index in [1.807, 2.05) is 0 Å². The van der Waals surface area contributed by atoms with Crippen LogP contribution >= 0.6 is 0 Å². The molecule has 3 fully saturated rings. The Morgan fingerprint density at radius 1 is 0.805 bits per heavy atom. The quantitative estimate of drug-likeness (QED) is 0.110. The van der Waals surface area contributed by atoms with Crippen LogP contribution in [0.5, 0.6) is 0 Å². The van der Waals surface area contributed by atoms with Crippen molar-refractivity contribution in [1.29, 1.82) is 0 Å². The van der Waals surface area contributed by atoms with Crippen LogP contribution < -0.4 is 17.2 Å². The molecule has 0 amide bonds. The molecule has 17 atom stereocenters. The van der Waals surface area contributed by atoms with Crippen LogP contribution in [-0.2, 0) is 23.7 Å². The molecule has 3 aliphatic rings. The summed E-state index contributed by atoms with van der Waals surface area (Å²) in [6, 6.07) is -4.39. The molecule has 3 rings (SSSR count). The molecule has 16 N–H and O–H groups in total. The molecule has 0 radical (unpaired) electrons. The fourth-order valence-electron chi connectivity index (χ4n) is 5.69.